The molecule has 0 atom stereocenters. The molecule has 1 aliphatic rings. The normalized spacial score (nSPS) is 13.7. The van der Waals surface area contributed by atoms with Crippen LogP contribution >= 0.6 is 11.5 Å². The van der Waals surface area contributed by atoms with Crippen molar-refractivity contribution in [3.05, 3.63) is 80.0 Å². The van der Waals surface area contributed by atoms with Crippen molar-refractivity contribution in [1.29, 1.82) is 0 Å². The molecular formula is C21H13FN2O2S. The largest absolute Gasteiger partial charge is 0.328 e. The van der Waals surface area contributed by atoms with Crippen molar-refractivity contribution < 1.29 is 4.39 Å². The number of rotatable bonds is 1. The Morgan fingerprint density at radius 2 is 1.89 bits per heavy atom. The monoisotopic (exact) mass is 376 g/mol. The van der Waals surface area contributed by atoms with Gasteiger partial charge in [0.1, 0.15) is 16.0 Å². The summed E-state index contributed by atoms with van der Waals surface area (Å²) in [5.41, 5.74) is 0.813. The minimum absolute atomic E-state index is 0.113. The molecule has 0 radical (unpaired) electrons. The number of halogens is 1. The van der Waals surface area contributed by atoms with Crippen molar-refractivity contribution in [1.82, 2.24) is 8.94 Å². The minimum atomic E-state index is -0.559. The molecule has 1 saturated carbocycles. The van der Waals surface area contributed by atoms with E-state index in [4.69, 9.17) is 0 Å². The molecule has 4 aromatic rings. The second-order valence-corrected chi connectivity index (χ2v) is 7.40. The first kappa shape index (κ1) is 16.0. The van der Waals surface area contributed by atoms with Gasteiger partial charge in [0.15, 0.2) is 0 Å². The molecule has 2 aromatic carbocycles. The van der Waals surface area contributed by atoms with Crippen LogP contribution in [0, 0.1) is 17.7 Å². The third-order valence-corrected chi connectivity index (χ3v) is 5.63. The van der Waals surface area contributed by atoms with Gasteiger partial charge in [0.05, 0.1) is 11.1 Å². The van der Waals surface area contributed by atoms with Crippen LogP contribution in [0.25, 0.3) is 21.1 Å². The highest BCUT2D eigenvalue weighted by molar-refractivity contribution is 7.12. The van der Waals surface area contributed by atoms with E-state index in [0.29, 0.717) is 10.3 Å². The van der Waals surface area contributed by atoms with Gasteiger partial charge in [-0.25, -0.2) is 4.39 Å². The first-order chi connectivity index (χ1) is 13.1. The van der Waals surface area contributed by atoms with Crippen LogP contribution in [-0.4, -0.2) is 8.94 Å². The molecule has 27 heavy (non-hydrogen) atoms. The fourth-order valence-electron chi connectivity index (χ4n) is 3.30. The summed E-state index contributed by atoms with van der Waals surface area (Å²) in [4.78, 5) is 25.5. The zero-order valence-corrected chi connectivity index (χ0v) is 14.9. The number of pyridine rings is 1. The van der Waals surface area contributed by atoms with Gasteiger partial charge in [0.2, 0.25) is 5.43 Å². The molecule has 1 fully saturated rings. The highest BCUT2D eigenvalue weighted by Crippen LogP contribution is 2.40. The maximum Gasteiger partial charge on any atom is 0.271 e. The Labute approximate surface area is 157 Å². The molecule has 1 aliphatic carbocycles. The number of aromatic amines is 1. The van der Waals surface area contributed by atoms with Crippen LogP contribution in [-0.2, 0) is 0 Å². The summed E-state index contributed by atoms with van der Waals surface area (Å²) in [5, 5.41) is 0.336. The molecule has 0 amide bonds. The van der Waals surface area contributed by atoms with Gasteiger partial charge < -0.3 is 4.57 Å². The number of hydrogen-bond donors (Lipinski definition) is 1. The molecule has 0 unspecified atom stereocenters. The van der Waals surface area contributed by atoms with Gasteiger partial charge in [-0.15, -0.1) is 0 Å². The second-order valence-electron chi connectivity index (χ2n) is 6.61. The Morgan fingerprint density at radius 1 is 1.11 bits per heavy atom. The first-order valence-corrected chi connectivity index (χ1v) is 9.41. The van der Waals surface area contributed by atoms with Crippen LogP contribution < -0.4 is 11.0 Å². The molecule has 2 aromatic heterocycles. The number of fused-ring (bicyclic) bond motifs is 2. The average molecular weight is 376 g/mol. The van der Waals surface area contributed by atoms with E-state index in [9.17, 15) is 14.0 Å². The highest BCUT2D eigenvalue weighted by Gasteiger charge is 2.29. The molecular weight excluding hydrogens is 363 g/mol. The lowest BCUT2D eigenvalue weighted by molar-refractivity contribution is 0.625. The topological polar surface area (TPSA) is 54.9 Å². The van der Waals surface area contributed by atoms with E-state index in [2.05, 4.69) is 16.2 Å². The van der Waals surface area contributed by atoms with Gasteiger partial charge >= 0.3 is 0 Å². The molecule has 4 nitrogen and oxygen atoms in total. The van der Waals surface area contributed by atoms with Gasteiger partial charge in [-0.1, -0.05) is 30.0 Å². The number of aromatic nitrogens is 2. The Balaban J connectivity index is 1.82. The van der Waals surface area contributed by atoms with Gasteiger partial charge in [0, 0.05) is 17.0 Å². The molecule has 0 spiro atoms. The quantitative estimate of drug-likeness (QED) is 0.514. The molecule has 132 valence electrons. The Bertz CT molecular complexity index is 1380. The number of nitrogens with zero attached hydrogens (tertiary/aromatic N) is 1. The van der Waals surface area contributed by atoms with Gasteiger partial charge in [0.25, 0.3) is 5.56 Å². The van der Waals surface area contributed by atoms with Crippen molar-refractivity contribution >= 4 is 32.7 Å². The molecule has 6 heteroatoms. The summed E-state index contributed by atoms with van der Waals surface area (Å²) in [5.74, 6) is 5.27. The van der Waals surface area contributed by atoms with Crippen LogP contribution in [0.1, 0.15) is 30.0 Å². The van der Waals surface area contributed by atoms with E-state index in [-0.39, 0.29) is 22.4 Å². The van der Waals surface area contributed by atoms with Crippen LogP contribution in [0.5, 0.6) is 0 Å². The van der Waals surface area contributed by atoms with Crippen molar-refractivity contribution in [2.75, 3.05) is 0 Å². The minimum Gasteiger partial charge on any atom is -0.328 e. The van der Waals surface area contributed by atoms with Crippen molar-refractivity contribution in [2.45, 2.75) is 18.9 Å². The van der Waals surface area contributed by atoms with Crippen molar-refractivity contribution in [3.8, 4) is 11.8 Å². The molecule has 2 heterocycles. The molecule has 1 N–H and O–H groups in total. The summed E-state index contributed by atoms with van der Waals surface area (Å²) in [7, 11) is 0. The summed E-state index contributed by atoms with van der Waals surface area (Å²) in [6.07, 6.45) is 1.95. The van der Waals surface area contributed by atoms with E-state index in [1.165, 1.54) is 6.07 Å². The summed E-state index contributed by atoms with van der Waals surface area (Å²) >= 11 is 1.15. The number of nitrogens with one attached hydrogen (secondary N) is 1. The maximum absolute atomic E-state index is 14.6. The predicted molar refractivity (Wildman–Crippen MR) is 105 cm³/mol. The summed E-state index contributed by atoms with van der Waals surface area (Å²) < 4.78 is 19.3. The number of benzene rings is 2. The number of H-pyrrole nitrogens is 1. The van der Waals surface area contributed by atoms with Crippen LogP contribution in [0.2, 0.25) is 0 Å². The standard InChI is InChI=1S/C21H13FN2O2S/c22-16-11-15-17(10-13(16)7-6-12-4-2-1-3-5-12)24(14-8-9-14)21-18(19(15)25)20(26)23-27-21/h1-5,10-11,14H,8-9H2,(H,23,26). The van der Waals surface area contributed by atoms with E-state index < -0.39 is 16.8 Å². The second kappa shape index (κ2) is 5.93. The average Bonchev–Trinajstić information content (AvgIpc) is 3.44. The zero-order valence-electron chi connectivity index (χ0n) is 14.1. The van der Waals surface area contributed by atoms with Gasteiger partial charge in [-0.05, 0) is 48.6 Å². The van der Waals surface area contributed by atoms with Crippen LogP contribution in [0.3, 0.4) is 0 Å². The first-order valence-electron chi connectivity index (χ1n) is 8.59. The van der Waals surface area contributed by atoms with E-state index in [1.807, 2.05) is 34.9 Å². The van der Waals surface area contributed by atoms with E-state index >= 15 is 0 Å². The van der Waals surface area contributed by atoms with Crippen LogP contribution in [0.4, 0.5) is 4.39 Å². The lowest BCUT2D eigenvalue weighted by Gasteiger charge is -2.12. The molecule has 0 saturated heterocycles. The fourth-order valence-corrected chi connectivity index (χ4v) is 4.23. The molecule has 0 aliphatic heterocycles. The Morgan fingerprint density at radius 3 is 2.63 bits per heavy atom. The number of hydrogen-bond acceptors (Lipinski definition) is 3. The Hall–Kier alpha value is -3.17. The van der Waals surface area contributed by atoms with Gasteiger partial charge in [-0.3, -0.25) is 14.0 Å². The van der Waals surface area contributed by atoms with Crippen molar-refractivity contribution in [2.24, 2.45) is 0 Å². The summed E-state index contributed by atoms with van der Waals surface area (Å²) in [6, 6.07) is 12.4. The third kappa shape index (κ3) is 2.59. The molecule has 0 bridgehead atoms. The highest BCUT2D eigenvalue weighted by atomic mass is 32.1. The lowest BCUT2D eigenvalue weighted by atomic mass is 10.1. The summed E-state index contributed by atoms with van der Waals surface area (Å²) in [6.45, 7) is 0. The lowest BCUT2D eigenvalue weighted by Crippen LogP contribution is -2.15. The smallest absolute Gasteiger partial charge is 0.271 e. The maximum atomic E-state index is 14.6. The van der Waals surface area contributed by atoms with Gasteiger partial charge in [-0.2, -0.15) is 0 Å². The van der Waals surface area contributed by atoms with E-state index in [1.54, 1.807) is 6.07 Å². The van der Waals surface area contributed by atoms with Crippen LogP contribution in [0.15, 0.2) is 52.1 Å². The molecule has 5 rings (SSSR count). The predicted octanol–water partition coefficient (Wildman–Crippen LogP) is 3.78. The zero-order chi connectivity index (χ0) is 18.5. The fraction of sp³-hybridized carbons (Fsp3) is 0.143. The van der Waals surface area contributed by atoms with Crippen molar-refractivity contribution in [3.63, 3.8) is 0 Å². The Kier molecular flexibility index (Phi) is 3.52. The van der Waals surface area contributed by atoms with E-state index in [0.717, 1.165) is 29.9 Å². The third-order valence-electron chi connectivity index (χ3n) is 4.74. The SMILES string of the molecule is O=c1[nH]sc2c1c(=O)c1cc(F)c(C#Cc3ccccc3)cc1n2C1CC1.